The lowest BCUT2D eigenvalue weighted by atomic mass is 9.87. The number of aromatic amines is 1. The van der Waals surface area contributed by atoms with Gasteiger partial charge < -0.3 is 15.0 Å². The highest BCUT2D eigenvalue weighted by molar-refractivity contribution is 6.09. The minimum Gasteiger partial charge on any atom is -0.462 e. The summed E-state index contributed by atoms with van der Waals surface area (Å²) in [5.74, 6) is -0.0274. The highest BCUT2D eigenvalue weighted by atomic mass is 16.5. The number of ether oxygens (including phenoxy) is 1. The van der Waals surface area contributed by atoms with Crippen LogP contribution < -0.4 is 5.32 Å². The third-order valence-corrected chi connectivity index (χ3v) is 5.37. The highest BCUT2D eigenvalue weighted by Gasteiger charge is 2.21. The predicted octanol–water partition coefficient (Wildman–Crippen LogP) is 4.72. The molecule has 0 unspecified atom stereocenters. The van der Waals surface area contributed by atoms with E-state index >= 15 is 0 Å². The number of anilines is 1. The van der Waals surface area contributed by atoms with Gasteiger partial charge in [-0.3, -0.25) is 4.79 Å². The molecule has 0 aliphatic heterocycles. The lowest BCUT2D eigenvalue weighted by Crippen LogP contribution is -2.16. The number of nitrogens with one attached hydrogen (secondary N) is 2. The maximum atomic E-state index is 12.9. The average Bonchev–Trinajstić information content (AvgIpc) is 3.05. The topological polar surface area (TPSA) is 71.2 Å². The standard InChI is InChI=1S/C23H24N2O3/c1-3-28-23(27)16-6-4-5-7-19(16)25-22(26)15-9-11-21-18(13-15)17-12-14(2)8-10-20(17)24-21/h4-7,9,11,13-14,24H,3,8,10,12H2,1-2H3,(H,25,26)/t14-/m1/s1. The van der Waals surface area contributed by atoms with Crippen LogP contribution in [0.15, 0.2) is 42.5 Å². The van der Waals surface area contributed by atoms with E-state index in [-0.39, 0.29) is 12.5 Å². The Morgan fingerprint density at radius 3 is 2.86 bits per heavy atom. The number of para-hydroxylation sites is 1. The number of carbonyl (C=O) groups is 2. The molecule has 4 rings (SSSR count). The van der Waals surface area contributed by atoms with E-state index in [9.17, 15) is 9.59 Å². The van der Waals surface area contributed by atoms with Gasteiger partial charge >= 0.3 is 5.97 Å². The lowest BCUT2D eigenvalue weighted by molar-refractivity contribution is 0.0527. The molecule has 0 radical (unpaired) electrons. The fraction of sp³-hybridized carbons (Fsp3) is 0.304. The van der Waals surface area contributed by atoms with Crippen molar-refractivity contribution in [3.63, 3.8) is 0 Å². The Bertz CT molecular complexity index is 1050. The number of rotatable bonds is 4. The van der Waals surface area contributed by atoms with Gasteiger partial charge in [0.15, 0.2) is 0 Å². The Balaban J connectivity index is 1.63. The van der Waals surface area contributed by atoms with E-state index in [0.717, 1.165) is 23.7 Å². The van der Waals surface area contributed by atoms with Crippen LogP contribution in [0.2, 0.25) is 0 Å². The molecule has 0 saturated heterocycles. The van der Waals surface area contributed by atoms with E-state index in [0.29, 0.717) is 22.7 Å². The summed E-state index contributed by atoms with van der Waals surface area (Å²) in [5.41, 5.74) is 5.07. The van der Waals surface area contributed by atoms with Crippen molar-refractivity contribution in [3.8, 4) is 0 Å². The Morgan fingerprint density at radius 1 is 1.21 bits per heavy atom. The summed E-state index contributed by atoms with van der Waals surface area (Å²) in [5, 5.41) is 3.98. The van der Waals surface area contributed by atoms with Crippen LogP contribution in [-0.4, -0.2) is 23.5 Å². The number of aromatic nitrogens is 1. The lowest BCUT2D eigenvalue weighted by Gasteiger charge is -2.18. The second kappa shape index (κ2) is 7.50. The van der Waals surface area contributed by atoms with E-state index in [1.54, 1.807) is 31.2 Å². The summed E-state index contributed by atoms with van der Waals surface area (Å²) in [4.78, 5) is 28.5. The molecule has 0 bridgehead atoms. The van der Waals surface area contributed by atoms with Crippen molar-refractivity contribution in [1.82, 2.24) is 4.98 Å². The zero-order valence-corrected chi connectivity index (χ0v) is 16.2. The molecular formula is C23H24N2O3. The van der Waals surface area contributed by atoms with Gasteiger partial charge in [-0.05, 0) is 68.0 Å². The maximum absolute atomic E-state index is 12.9. The van der Waals surface area contributed by atoms with Crippen molar-refractivity contribution < 1.29 is 14.3 Å². The molecular weight excluding hydrogens is 352 g/mol. The number of aryl methyl sites for hydroxylation is 1. The molecule has 1 amide bonds. The van der Waals surface area contributed by atoms with Crippen molar-refractivity contribution in [1.29, 1.82) is 0 Å². The molecule has 0 fully saturated rings. The average molecular weight is 376 g/mol. The summed E-state index contributed by atoms with van der Waals surface area (Å²) >= 11 is 0. The van der Waals surface area contributed by atoms with Gasteiger partial charge in [0, 0.05) is 22.2 Å². The third-order valence-electron chi connectivity index (χ3n) is 5.37. The molecule has 2 aromatic carbocycles. The van der Waals surface area contributed by atoms with Gasteiger partial charge in [-0.25, -0.2) is 4.79 Å². The van der Waals surface area contributed by atoms with Gasteiger partial charge in [0.05, 0.1) is 17.9 Å². The second-order valence-electron chi connectivity index (χ2n) is 7.41. The molecule has 0 spiro atoms. The van der Waals surface area contributed by atoms with E-state index in [4.69, 9.17) is 4.74 Å². The van der Waals surface area contributed by atoms with Crippen molar-refractivity contribution in [2.75, 3.05) is 11.9 Å². The van der Waals surface area contributed by atoms with Crippen LogP contribution in [0.1, 0.15) is 52.2 Å². The van der Waals surface area contributed by atoms with Gasteiger partial charge in [0.2, 0.25) is 0 Å². The number of hydrogen-bond acceptors (Lipinski definition) is 3. The normalized spacial score (nSPS) is 15.9. The Kier molecular flexibility index (Phi) is 4.90. The first-order valence-corrected chi connectivity index (χ1v) is 9.77. The van der Waals surface area contributed by atoms with Crippen LogP contribution in [0, 0.1) is 5.92 Å². The first-order chi connectivity index (χ1) is 13.6. The van der Waals surface area contributed by atoms with E-state index in [2.05, 4.69) is 17.2 Å². The highest BCUT2D eigenvalue weighted by Crippen LogP contribution is 2.32. The van der Waals surface area contributed by atoms with Gasteiger partial charge in [-0.15, -0.1) is 0 Å². The molecule has 28 heavy (non-hydrogen) atoms. The molecule has 5 nitrogen and oxygen atoms in total. The number of benzene rings is 2. The number of amides is 1. The van der Waals surface area contributed by atoms with Crippen LogP contribution in [0.5, 0.6) is 0 Å². The molecule has 1 aromatic heterocycles. The maximum Gasteiger partial charge on any atom is 0.340 e. The number of carbonyl (C=O) groups excluding carboxylic acids is 2. The molecule has 5 heteroatoms. The minimum absolute atomic E-state index is 0.238. The van der Waals surface area contributed by atoms with Gasteiger partial charge in [0.25, 0.3) is 5.91 Å². The molecule has 1 aliphatic carbocycles. The van der Waals surface area contributed by atoms with E-state index < -0.39 is 5.97 Å². The van der Waals surface area contributed by atoms with E-state index in [1.807, 2.05) is 18.2 Å². The van der Waals surface area contributed by atoms with Gasteiger partial charge in [0.1, 0.15) is 0 Å². The summed E-state index contributed by atoms with van der Waals surface area (Å²) in [7, 11) is 0. The predicted molar refractivity (Wildman–Crippen MR) is 110 cm³/mol. The summed E-state index contributed by atoms with van der Waals surface area (Å²) in [6, 6.07) is 12.6. The zero-order chi connectivity index (χ0) is 19.7. The first-order valence-electron chi connectivity index (χ1n) is 9.77. The van der Waals surface area contributed by atoms with Crippen LogP contribution in [0.25, 0.3) is 10.9 Å². The third kappa shape index (κ3) is 3.40. The summed E-state index contributed by atoms with van der Waals surface area (Å²) < 4.78 is 5.08. The van der Waals surface area contributed by atoms with Crippen molar-refractivity contribution in [2.24, 2.45) is 5.92 Å². The Labute approximate surface area is 164 Å². The molecule has 3 aromatic rings. The number of hydrogen-bond donors (Lipinski definition) is 2. The Morgan fingerprint density at radius 2 is 2.04 bits per heavy atom. The molecule has 1 aliphatic rings. The van der Waals surface area contributed by atoms with Crippen molar-refractivity contribution >= 4 is 28.5 Å². The monoisotopic (exact) mass is 376 g/mol. The molecule has 2 N–H and O–H groups in total. The molecule has 1 atom stereocenters. The first kappa shape index (κ1) is 18.3. The molecule has 1 heterocycles. The number of esters is 1. The molecule has 144 valence electrons. The fourth-order valence-corrected chi connectivity index (χ4v) is 3.91. The summed E-state index contributed by atoms with van der Waals surface area (Å²) in [6.45, 7) is 4.31. The second-order valence-corrected chi connectivity index (χ2v) is 7.41. The zero-order valence-electron chi connectivity index (χ0n) is 16.2. The van der Waals surface area contributed by atoms with Crippen LogP contribution in [0.3, 0.4) is 0 Å². The number of H-pyrrole nitrogens is 1. The molecule has 0 saturated carbocycles. The Hall–Kier alpha value is -3.08. The van der Waals surface area contributed by atoms with Crippen molar-refractivity contribution in [2.45, 2.75) is 33.1 Å². The van der Waals surface area contributed by atoms with Crippen LogP contribution >= 0.6 is 0 Å². The quantitative estimate of drug-likeness (QED) is 0.647. The minimum atomic E-state index is -0.442. The summed E-state index contributed by atoms with van der Waals surface area (Å²) in [6.07, 6.45) is 3.28. The fourth-order valence-electron chi connectivity index (χ4n) is 3.91. The smallest absolute Gasteiger partial charge is 0.340 e. The largest absolute Gasteiger partial charge is 0.462 e. The van der Waals surface area contributed by atoms with Gasteiger partial charge in [-0.1, -0.05) is 19.1 Å². The van der Waals surface area contributed by atoms with Gasteiger partial charge in [-0.2, -0.15) is 0 Å². The van der Waals surface area contributed by atoms with Crippen LogP contribution in [0.4, 0.5) is 5.69 Å². The van der Waals surface area contributed by atoms with E-state index in [1.165, 1.54) is 17.7 Å². The SMILES string of the molecule is CCOC(=O)c1ccccc1NC(=O)c1ccc2[nH]c3c(c2c1)C[C@H](C)CC3. The van der Waals surface area contributed by atoms with Crippen molar-refractivity contribution in [3.05, 3.63) is 64.8 Å². The van der Waals surface area contributed by atoms with Crippen LogP contribution in [-0.2, 0) is 17.6 Å². The number of fused-ring (bicyclic) bond motifs is 3.